The molecule has 0 fully saturated rings. The lowest BCUT2D eigenvalue weighted by Gasteiger charge is -2.32. The van der Waals surface area contributed by atoms with E-state index in [0.29, 0.717) is 0 Å². The van der Waals surface area contributed by atoms with Crippen LogP contribution in [0.4, 0.5) is 5.69 Å². The fraction of sp³-hybridized carbons (Fsp3) is 0.316. The van der Waals surface area contributed by atoms with Crippen LogP contribution in [0.15, 0.2) is 52.7 Å². The number of benzene rings is 1. The van der Waals surface area contributed by atoms with Crippen LogP contribution in [0, 0.1) is 0 Å². The van der Waals surface area contributed by atoms with Crippen molar-refractivity contribution < 1.29 is 0 Å². The molecule has 1 unspecified atom stereocenters. The van der Waals surface area contributed by atoms with E-state index in [4.69, 9.17) is 0 Å². The highest BCUT2D eigenvalue weighted by atomic mass is 15.5. The Hall–Kier alpha value is -2.73. The molecule has 1 aromatic heterocycles. The van der Waals surface area contributed by atoms with Gasteiger partial charge in [-0.05, 0) is 36.1 Å². The molecule has 3 rings (SSSR count). The Bertz CT molecular complexity index is 746. The topological polar surface area (TPSA) is 64.9 Å². The third kappa shape index (κ3) is 3.69. The highest BCUT2D eigenvalue weighted by Gasteiger charge is 2.24. The van der Waals surface area contributed by atoms with Crippen LogP contribution >= 0.6 is 0 Å². The lowest BCUT2D eigenvalue weighted by molar-refractivity contribution is 0.330. The number of hydrogen-bond acceptors (Lipinski definition) is 6. The summed E-state index contributed by atoms with van der Waals surface area (Å²) in [6.45, 7) is 4.35. The molecule has 0 aliphatic carbocycles. The predicted molar refractivity (Wildman–Crippen MR) is 103 cm³/mol. The summed E-state index contributed by atoms with van der Waals surface area (Å²) in [6, 6.07) is 10.3. The van der Waals surface area contributed by atoms with E-state index < -0.39 is 0 Å². The second-order valence-electron chi connectivity index (χ2n) is 5.87. The number of hydrazine groups is 1. The molecule has 0 spiro atoms. The Morgan fingerprint density at radius 2 is 1.72 bits per heavy atom. The van der Waals surface area contributed by atoms with E-state index in [2.05, 4.69) is 62.8 Å². The van der Waals surface area contributed by atoms with Crippen molar-refractivity contribution in [2.75, 3.05) is 12.5 Å². The van der Waals surface area contributed by atoms with Gasteiger partial charge < -0.3 is 10.3 Å². The number of aromatic nitrogens is 1. The second kappa shape index (κ2) is 7.90. The molecule has 1 aliphatic heterocycles. The molecule has 2 heterocycles. The lowest BCUT2D eigenvalue weighted by Crippen LogP contribution is -2.49. The van der Waals surface area contributed by atoms with Gasteiger partial charge in [-0.2, -0.15) is 5.43 Å². The van der Waals surface area contributed by atoms with Gasteiger partial charge in [-0.15, -0.1) is 0 Å². The summed E-state index contributed by atoms with van der Waals surface area (Å²) >= 11 is 0. The molecule has 1 aliphatic rings. The van der Waals surface area contributed by atoms with E-state index in [1.165, 1.54) is 16.7 Å². The van der Waals surface area contributed by atoms with Gasteiger partial charge in [-0.3, -0.25) is 4.98 Å². The zero-order chi connectivity index (χ0) is 17.6. The first-order valence-electron chi connectivity index (χ1n) is 8.59. The Kier molecular flexibility index (Phi) is 5.40. The molecule has 25 heavy (non-hydrogen) atoms. The van der Waals surface area contributed by atoms with Crippen LogP contribution in [0.25, 0.3) is 0 Å². The molecule has 0 saturated heterocycles. The van der Waals surface area contributed by atoms with Crippen molar-refractivity contribution in [3.63, 3.8) is 0 Å². The molecule has 130 valence electrons. The SMILES string of the molecule is CCc1cccc(CC)c1C1=NC=NC(NNc2ccncc2)N1C. The summed E-state index contributed by atoms with van der Waals surface area (Å²) in [6.07, 6.45) is 6.83. The molecular formula is C19H24N6. The first-order valence-corrected chi connectivity index (χ1v) is 8.59. The molecule has 2 N–H and O–H groups in total. The predicted octanol–water partition coefficient (Wildman–Crippen LogP) is 2.83. The first-order chi connectivity index (χ1) is 12.2. The summed E-state index contributed by atoms with van der Waals surface area (Å²) in [4.78, 5) is 15.1. The quantitative estimate of drug-likeness (QED) is 0.796. The lowest BCUT2D eigenvalue weighted by atomic mass is 9.96. The standard InChI is InChI=1S/C19H24N6/c1-4-14-7-6-8-15(5-2)17(14)18-21-13-22-19(25(18)3)24-23-16-9-11-20-12-10-16/h6-13,19,24H,4-5H2,1-3H3,(H,20,23). The number of nitrogens with one attached hydrogen (secondary N) is 2. The minimum absolute atomic E-state index is 0.240. The van der Waals surface area contributed by atoms with Gasteiger partial charge in [0.2, 0.25) is 0 Å². The minimum atomic E-state index is -0.240. The van der Waals surface area contributed by atoms with Crippen molar-refractivity contribution in [3.8, 4) is 0 Å². The number of aliphatic imine (C=N–C) groups is 2. The maximum atomic E-state index is 4.58. The van der Waals surface area contributed by atoms with Crippen LogP contribution in [0.1, 0.15) is 30.5 Å². The van der Waals surface area contributed by atoms with Crippen LogP contribution in [0.3, 0.4) is 0 Å². The van der Waals surface area contributed by atoms with Crippen molar-refractivity contribution in [2.24, 2.45) is 9.98 Å². The second-order valence-corrected chi connectivity index (χ2v) is 5.87. The van der Waals surface area contributed by atoms with Crippen LogP contribution in [0.2, 0.25) is 0 Å². The van der Waals surface area contributed by atoms with Gasteiger partial charge >= 0.3 is 0 Å². The van der Waals surface area contributed by atoms with E-state index in [9.17, 15) is 0 Å². The van der Waals surface area contributed by atoms with Gasteiger partial charge in [-0.1, -0.05) is 32.0 Å². The molecule has 0 radical (unpaired) electrons. The largest absolute Gasteiger partial charge is 0.323 e. The molecule has 0 saturated carbocycles. The average Bonchev–Trinajstić information content (AvgIpc) is 2.67. The normalized spacial score (nSPS) is 16.7. The van der Waals surface area contributed by atoms with Gasteiger partial charge in [0.15, 0.2) is 6.29 Å². The van der Waals surface area contributed by atoms with Gasteiger partial charge in [0.05, 0.1) is 5.69 Å². The summed E-state index contributed by atoms with van der Waals surface area (Å²) in [5, 5.41) is 0. The number of anilines is 1. The van der Waals surface area contributed by atoms with Crippen LogP contribution in [-0.2, 0) is 12.8 Å². The average molecular weight is 336 g/mol. The zero-order valence-corrected chi connectivity index (χ0v) is 14.9. The number of nitrogens with zero attached hydrogens (tertiary/aromatic N) is 4. The Balaban J connectivity index is 1.82. The van der Waals surface area contributed by atoms with Gasteiger partial charge in [0, 0.05) is 25.0 Å². The summed E-state index contributed by atoms with van der Waals surface area (Å²) in [5.41, 5.74) is 11.2. The van der Waals surface area contributed by atoms with Crippen LogP contribution in [0.5, 0.6) is 0 Å². The molecule has 6 nitrogen and oxygen atoms in total. The third-order valence-corrected chi connectivity index (χ3v) is 4.34. The van der Waals surface area contributed by atoms with Gasteiger partial charge in [0.25, 0.3) is 0 Å². The molecule has 1 aromatic carbocycles. The Morgan fingerprint density at radius 1 is 1.04 bits per heavy atom. The number of rotatable bonds is 6. The number of amidine groups is 1. The molecular weight excluding hydrogens is 312 g/mol. The van der Waals surface area contributed by atoms with Gasteiger partial charge in [-0.25, -0.2) is 9.98 Å². The van der Waals surface area contributed by atoms with Crippen molar-refractivity contribution in [3.05, 3.63) is 59.4 Å². The van der Waals surface area contributed by atoms with Crippen molar-refractivity contribution >= 4 is 17.9 Å². The molecule has 0 amide bonds. The summed E-state index contributed by atoms with van der Waals surface area (Å²) in [7, 11) is 2.01. The molecule has 6 heteroatoms. The van der Waals surface area contributed by atoms with E-state index in [1.807, 2.05) is 19.2 Å². The highest BCUT2D eigenvalue weighted by molar-refractivity contribution is 6.05. The van der Waals surface area contributed by atoms with Gasteiger partial charge in [0.1, 0.15) is 12.2 Å². The maximum Gasteiger partial charge on any atom is 0.195 e. The van der Waals surface area contributed by atoms with Crippen LogP contribution < -0.4 is 10.9 Å². The van der Waals surface area contributed by atoms with Crippen molar-refractivity contribution in [1.29, 1.82) is 0 Å². The molecule has 2 aromatic rings. The Labute approximate surface area is 148 Å². The van der Waals surface area contributed by atoms with Crippen LogP contribution in [-0.4, -0.2) is 35.4 Å². The van der Waals surface area contributed by atoms with E-state index in [-0.39, 0.29) is 6.29 Å². The van der Waals surface area contributed by atoms with E-state index in [0.717, 1.165) is 24.4 Å². The smallest absolute Gasteiger partial charge is 0.195 e. The number of hydrogen-bond donors (Lipinski definition) is 2. The summed E-state index contributed by atoms with van der Waals surface area (Å²) < 4.78 is 0. The van der Waals surface area contributed by atoms with E-state index >= 15 is 0 Å². The highest BCUT2D eigenvalue weighted by Crippen LogP contribution is 2.21. The first kappa shape index (κ1) is 17.1. The fourth-order valence-corrected chi connectivity index (χ4v) is 2.95. The van der Waals surface area contributed by atoms with E-state index in [1.54, 1.807) is 18.7 Å². The molecule has 1 atom stereocenters. The zero-order valence-electron chi connectivity index (χ0n) is 14.9. The summed E-state index contributed by atoms with van der Waals surface area (Å²) in [5.74, 6) is 0.943. The Morgan fingerprint density at radius 3 is 2.36 bits per heavy atom. The number of pyridine rings is 1. The monoisotopic (exact) mass is 336 g/mol. The minimum Gasteiger partial charge on any atom is -0.323 e. The van der Waals surface area contributed by atoms with Crippen molar-refractivity contribution in [2.45, 2.75) is 33.0 Å². The third-order valence-electron chi connectivity index (χ3n) is 4.34. The molecule has 0 bridgehead atoms. The van der Waals surface area contributed by atoms with Crippen molar-refractivity contribution in [1.82, 2.24) is 15.3 Å². The fourth-order valence-electron chi connectivity index (χ4n) is 2.95. The maximum absolute atomic E-state index is 4.58. The number of aryl methyl sites for hydroxylation is 2.